The van der Waals surface area contributed by atoms with E-state index in [1.165, 1.54) is 0 Å². The number of benzene rings is 2. The summed E-state index contributed by atoms with van der Waals surface area (Å²) < 4.78 is 4.77. The summed E-state index contributed by atoms with van der Waals surface area (Å²) >= 11 is 5.11. The van der Waals surface area contributed by atoms with Crippen LogP contribution in [-0.2, 0) is 25.5 Å². The van der Waals surface area contributed by atoms with Gasteiger partial charge in [-0.15, -0.1) is 0 Å². The van der Waals surface area contributed by atoms with E-state index in [9.17, 15) is 14.4 Å². The summed E-state index contributed by atoms with van der Waals surface area (Å²) in [5.74, 6) is -0.952. The molecule has 2 aromatic carbocycles. The fraction of sp³-hybridized carbons (Fsp3) is 0.238. The van der Waals surface area contributed by atoms with Crippen LogP contribution >= 0.6 is 12.2 Å². The highest BCUT2D eigenvalue weighted by Gasteiger charge is 2.10. The Hall–Kier alpha value is -3.26. The third-order valence-corrected chi connectivity index (χ3v) is 3.93. The van der Waals surface area contributed by atoms with Gasteiger partial charge in [0.25, 0.3) is 0 Å². The lowest BCUT2D eigenvalue weighted by atomic mass is 10.1. The van der Waals surface area contributed by atoms with Crippen LogP contribution in [0.3, 0.4) is 0 Å². The monoisotopic (exact) mass is 413 g/mol. The molecule has 29 heavy (non-hydrogen) atoms. The summed E-state index contributed by atoms with van der Waals surface area (Å²) in [6.45, 7) is 1.98. The van der Waals surface area contributed by atoms with Crippen molar-refractivity contribution in [1.82, 2.24) is 5.32 Å². The van der Waals surface area contributed by atoms with Crippen molar-refractivity contribution in [2.45, 2.75) is 26.2 Å². The van der Waals surface area contributed by atoms with E-state index in [1.54, 1.807) is 31.2 Å². The molecule has 8 heteroatoms. The highest BCUT2D eigenvalue weighted by molar-refractivity contribution is 7.80. The van der Waals surface area contributed by atoms with E-state index in [2.05, 4.69) is 16.0 Å². The third-order valence-electron chi connectivity index (χ3n) is 3.73. The first-order chi connectivity index (χ1) is 14.0. The Balaban J connectivity index is 1.82. The highest BCUT2D eigenvalue weighted by atomic mass is 32.1. The second kappa shape index (κ2) is 11.6. The second-order valence-corrected chi connectivity index (χ2v) is 6.51. The molecule has 0 heterocycles. The van der Waals surface area contributed by atoms with Gasteiger partial charge in [-0.1, -0.05) is 36.4 Å². The Bertz CT molecular complexity index is 871. The molecule has 0 spiro atoms. The third kappa shape index (κ3) is 8.52. The van der Waals surface area contributed by atoms with Gasteiger partial charge in [-0.2, -0.15) is 0 Å². The molecule has 2 aromatic rings. The van der Waals surface area contributed by atoms with Crippen molar-refractivity contribution in [1.29, 1.82) is 0 Å². The molecule has 0 saturated carbocycles. The maximum atomic E-state index is 12.2. The molecule has 7 nitrogen and oxygen atoms in total. The number of hydrogen-bond donors (Lipinski definition) is 3. The minimum atomic E-state index is -0.430. The number of rotatable bonds is 8. The highest BCUT2D eigenvalue weighted by Crippen LogP contribution is 2.15. The molecule has 0 bridgehead atoms. The number of ether oxygens (including phenoxy) is 1. The van der Waals surface area contributed by atoms with Gasteiger partial charge in [0.05, 0.1) is 19.4 Å². The van der Waals surface area contributed by atoms with E-state index in [4.69, 9.17) is 17.0 Å². The number of nitrogens with one attached hydrogen (secondary N) is 3. The Morgan fingerprint density at radius 3 is 2.28 bits per heavy atom. The van der Waals surface area contributed by atoms with Gasteiger partial charge in [-0.3, -0.25) is 14.4 Å². The number of carbonyl (C=O) groups excluding carboxylic acids is 3. The SMILES string of the molecule is CCOC(=O)CCC(=O)NC(=S)Nc1cccc(NC(=O)Cc2ccccc2)c1. The van der Waals surface area contributed by atoms with Gasteiger partial charge < -0.3 is 20.7 Å². The molecule has 0 aliphatic heterocycles. The number of carbonyl (C=O) groups is 3. The van der Waals surface area contributed by atoms with Gasteiger partial charge in [-0.05, 0) is 42.9 Å². The zero-order valence-corrected chi connectivity index (χ0v) is 16.9. The smallest absolute Gasteiger partial charge is 0.306 e. The lowest BCUT2D eigenvalue weighted by molar-refractivity contribution is -0.144. The largest absolute Gasteiger partial charge is 0.466 e. The lowest BCUT2D eigenvalue weighted by Gasteiger charge is -2.11. The zero-order valence-electron chi connectivity index (χ0n) is 16.1. The number of esters is 1. The molecule has 0 aromatic heterocycles. The van der Waals surface area contributed by atoms with Crippen LogP contribution in [0.1, 0.15) is 25.3 Å². The zero-order chi connectivity index (χ0) is 21.1. The standard InChI is InChI=1S/C21H23N3O4S/c1-2-28-20(27)12-11-18(25)24-21(29)23-17-10-6-9-16(14-17)22-19(26)13-15-7-4-3-5-8-15/h3-10,14H,2,11-13H2,1H3,(H,22,26)(H2,23,24,25,29). The Morgan fingerprint density at radius 1 is 0.897 bits per heavy atom. The van der Waals surface area contributed by atoms with E-state index in [0.717, 1.165) is 5.56 Å². The minimum absolute atomic E-state index is 0.00871. The number of amides is 2. The van der Waals surface area contributed by atoms with Gasteiger partial charge in [0.1, 0.15) is 0 Å². The first kappa shape index (κ1) is 22.0. The van der Waals surface area contributed by atoms with Crippen LogP contribution in [-0.4, -0.2) is 29.5 Å². The minimum Gasteiger partial charge on any atom is -0.466 e. The van der Waals surface area contributed by atoms with E-state index in [0.29, 0.717) is 11.4 Å². The Morgan fingerprint density at radius 2 is 1.59 bits per heavy atom. The van der Waals surface area contributed by atoms with Crippen molar-refractivity contribution >= 4 is 46.5 Å². The van der Waals surface area contributed by atoms with E-state index in [-0.39, 0.29) is 42.8 Å². The first-order valence-electron chi connectivity index (χ1n) is 9.16. The fourth-order valence-corrected chi connectivity index (χ4v) is 2.69. The predicted octanol–water partition coefficient (Wildman–Crippen LogP) is 3.02. The molecular weight excluding hydrogens is 390 g/mol. The molecule has 2 amide bonds. The van der Waals surface area contributed by atoms with Crippen molar-refractivity contribution in [2.75, 3.05) is 17.2 Å². The lowest BCUT2D eigenvalue weighted by Crippen LogP contribution is -2.34. The molecule has 0 radical (unpaired) electrons. The van der Waals surface area contributed by atoms with Crippen molar-refractivity contribution in [3.8, 4) is 0 Å². The fourth-order valence-electron chi connectivity index (χ4n) is 2.46. The van der Waals surface area contributed by atoms with Crippen molar-refractivity contribution in [3.63, 3.8) is 0 Å². The van der Waals surface area contributed by atoms with Crippen LogP contribution < -0.4 is 16.0 Å². The normalized spacial score (nSPS) is 9.97. The Kier molecular flexibility index (Phi) is 8.78. The second-order valence-electron chi connectivity index (χ2n) is 6.10. The number of hydrogen-bond acceptors (Lipinski definition) is 5. The van der Waals surface area contributed by atoms with Crippen LogP contribution in [0, 0.1) is 0 Å². The summed E-state index contributed by atoms with van der Waals surface area (Å²) in [4.78, 5) is 35.3. The molecule has 0 fully saturated rings. The van der Waals surface area contributed by atoms with Gasteiger partial charge >= 0.3 is 5.97 Å². The molecule has 0 aliphatic carbocycles. The van der Waals surface area contributed by atoms with Gasteiger partial charge in [-0.25, -0.2) is 0 Å². The van der Waals surface area contributed by atoms with Gasteiger partial charge in [0.15, 0.2) is 5.11 Å². The summed E-state index contributed by atoms with van der Waals surface area (Å²) in [5, 5.41) is 8.32. The molecule has 0 saturated heterocycles. The van der Waals surface area contributed by atoms with E-state index < -0.39 is 5.97 Å². The molecule has 2 rings (SSSR count). The van der Waals surface area contributed by atoms with Crippen molar-refractivity contribution in [2.24, 2.45) is 0 Å². The molecule has 0 unspecified atom stereocenters. The summed E-state index contributed by atoms with van der Waals surface area (Å²) in [7, 11) is 0. The molecule has 3 N–H and O–H groups in total. The van der Waals surface area contributed by atoms with Crippen LogP contribution in [0.2, 0.25) is 0 Å². The van der Waals surface area contributed by atoms with Crippen molar-refractivity contribution < 1.29 is 19.1 Å². The van der Waals surface area contributed by atoms with E-state index >= 15 is 0 Å². The Labute approximate surface area is 174 Å². The topological polar surface area (TPSA) is 96.5 Å². The first-order valence-corrected chi connectivity index (χ1v) is 9.57. The average molecular weight is 413 g/mol. The average Bonchev–Trinajstić information content (AvgIpc) is 2.67. The summed E-state index contributed by atoms with van der Waals surface area (Å²) in [6.07, 6.45) is 0.245. The van der Waals surface area contributed by atoms with Gasteiger partial charge in [0.2, 0.25) is 11.8 Å². The molecule has 0 atom stereocenters. The van der Waals surface area contributed by atoms with E-state index in [1.807, 2.05) is 30.3 Å². The molecule has 0 aliphatic rings. The summed E-state index contributed by atoms with van der Waals surface area (Å²) in [6, 6.07) is 16.4. The molecule has 152 valence electrons. The van der Waals surface area contributed by atoms with Crippen LogP contribution in [0.25, 0.3) is 0 Å². The maximum Gasteiger partial charge on any atom is 0.306 e. The van der Waals surface area contributed by atoms with Gasteiger partial charge in [0, 0.05) is 17.8 Å². The number of anilines is 2. The maximum absolute atomic E-state index is 12.2. The molecular formula is C21H23N3O4S. The van der Waals surface area contributed by atoms with Crippen molar-refractivity contribution in [3.05, 3.63) is 60.2 Å². The predicted molar refractivity (Wildman–Crippen MR) is 115 cm³/mol. The van der Waals surface area contributed by atoms with Crippen LogP contribution in [0.15, 0.2) is 54.6 Å². The van der Waals surface area contributed by atoms with Crippen LogP contribution in [0.5, 0.6) is 0 Å². The quantitative estimate of drug-likeness (QED) is 0.455. The van der Waals surface area contributed by atoms with Crippen LogP contribution in [0.4, 0.5) is 11.4 Å². The number of thiocarbonyl (C=S) groups is 1. The summed E-state index contributed by atoms with van der Waals surface area (Å²) in [5.41, 5.74) is 2.14.